The molecule has 0 aliphatic carbocycles. The van der Waals surface area contributed by atoms with Crippen LogP contribution >= 0.6 is 22.7 Å². The Balaban J connectivity index is 2.48. The second-order valence-corrected chi connectivity index (χ2v) is 6.98. The van der Waals surface area contributed by atoms with Crippen LogP contribution in [0.5, 0.6) is 11.5 Å². The standard InChI is InChI=1S/C17H16O2S2/c1-5-7-11-9-13-15(19-6-2)17-12(8-10(3)20-17)14(18-4)16(13)21-11/h5-9H,2H2,1,3-4H3/b7-5+. The van der Waals surface area contributed by atoms with Gasteiger partial charge in [0.25, 0.3) is 0 Å². The molecule has 0 radical (unpaired) electrons. The first-order valence-electron chi connectivity index (χ1n) is 6.63. The number of ether oxygens (including phenoxy) is 2. The Morgan fingerprint density at radius 1 is 1.10 bits per heavy atom. The summed E-state index contributed by atoms with van der Waals surface area (Å²) in [5.41, 5.74) is 0. The van der Waals surface area contributed by atoms with Crippen molar-refractivity contribution in [3.05, 3.63) is 40.8 Å². The summed E-state index contributed by atoms with van der Waals surface area (Å²) in [4.78, 5) is 2.43. The number of benzene rings is 1. The fraction of sp³-hybridized carbons (Fsp3) is 0.176. The van der Waals surface area contributed by atoms with Gasteiger partial charge in [0.05, 0.1) is 22.8 Å². The third-order valence-corrected chi connectivity index (χ3v) is 5.39. The Morgan fingerprint density at radius 2 is 1.81 bits per heavy atom. The summed E-state index contributed by atoms with van der Waals surface area (Å²) in [6, 6.07) is 4.30. The average Bonchev–Trinajstić information content (AvgIpc) is 3.03. The minimum Gasteiger partial charge on any atom is -0.495 e. The summed E-state index contributed by atoms with van der Waals surface area (Å²) < 4.78 is 13.7. The SMILES string of the molecule is C=COc1c2cc(/C=C/C)sc2c(OC)c2cc(C)sc12. The Bertz CT molecular complexity index is 853. The van der Waals surface area contributed by atoms with Gasteiger partial charge in [-0.3, -0.25) is 0 Å². The number of allylic oxidation sites excluding steroid dienone is 1. The van der Waals surface area contributed by atoms with Crippen LogP contribution in [0.2, 0.25) is 0 Å². The smallest absolute Gasteiger partial charge is 0.153 e. The Morgan fingerprint density at radius 3 is 2.48 bits per heavy atom. The molecule has 0 atom stereocenters. The first-order chi connectivity index (χ1) is 10.2. The van der Waals surface area contributed by atoms with E-state index in [2.05, 4.69) is 31.7 Å². The largest absolute Gasteiger partial charge is 0.495 e. The fourth-order valence-electron chi connectivity index (χ4n) is 2.49. The molecule has 0 aliphatic heterocycles. The second-order valence-electron chi connectivity index (χ2n) is 4.64. The van der Waals surface area contributed by atoms with Crippen molar-refractivity contribution in [3.63, 3.8) is 0 Å². The lowest BCUT2D eigenvalue weighted by atomic mass is 10.1. The number of aryl methyl sites for hydroxylation is 1. The molecule has 2 heterocycles. The molecule has 0 aliphatic rings. The highest BCUT2D eigenvalue weighted by molar-refractivity contribution is 7.22. The number of thiophene rings is 2. The zero-order chi connectivity index (χ0) is 15.0. The summed E-state index contributed by atoms with van der Waals surface area (Å²) in [7, 11) is 1.73. The molecule has 2 aromatic heterocycles. The van der Waals surface area contributed by atoms with Gasteiger partial charge in [-0.25, -0.2) is 0 Å². The molecule has 0 saturated carbocycles. The van der Waals surface area contributed by atoms with Crippen molar-refractivity contribution in [2.45, 2.75) is 13.8 Å². The number of methoxy groups -OCH3 is 1. The number of hydrogen-bond donors (Lipinski definition) is 0. The molecule has 0 fully saturated rings. The monoisotopic (exact) mass is 316 g/mol. The van der Waals surface area contributed by atoms with Crippen LogP contribution in [0.4, 0.5) is 0 Å². The predicted octanol–water partition coefficient (Wildman–Crippen LogP) is 5.99. The highest BCUT2D eigenvalue weighted by Gasteiger charge is 2.19. The summed E-state index contributed by atoms with van der Waals surface area (Å²) in [6.07, 6.45) is 5.63. The molecule has 0 bridgehead atoms. The molecule has 0 N–H and O–H groups in total. The van der Waals surface area contributed by atoms with E-state index in [4.69, 9.17) is 9.47 Å². The van der Waals surface area contributed by atoms with Gasteiger partial charge >= 0.3 is 0 Å². The van der Waals surface area contributed by atoms with E-state index in [-0.39, 0.29) is 0 Å². The van der Waals surface area contributed by atoms with Crippen LogP contribution in [0.25, 0.3) is 26.2 Å². The fourth-order valence-corrected chi connectivity index (χ4v) is 4.67. The maximum absolute atomic E-state index is 5.74. The third kappa shape index (κ3) is 2.24. The van der Waals surface area contributed by atoms with Crippen LogP contribution in [0.1, 0.15) is 16.7 Å². The van der Waals surface area contributed by atoms with Crippen LogP contribution in [0, 0.1) is 6.92 Å². The summed E-state index contributed by atoms with van der Waals surface area (Å²) in [5.74, 6) is 1.81. The molecule has 0 unspecified atom stereocenters. The van der Waals surface area contributed by atoms with Crippen LogP contribution in [0.3, 0.4) is 0 Å². The van der Waals surface area contributed by atoms with Crippen molar-refractivity contribution >= 4 is 48.9 Å². The predicted molar refractivity (Wildman–Crippen MR) is 94.0 cm³/mol. The number of rotatable bonds is 4. The van der Waals surface area contributed by atoms with Gasteiger partial charge in [0.1, 0.15) is 5.75 Å². The minimum absolute atomic E-state index is 0.876. The quantitative estimate of drug-likeness (QED) is 0.550. The lowest BCUT2D eigenvalue weighted by molar-refractivity contribution is 0.425. The van der Waals surface area contributed by atoms with Gasteiger partial charge in [0, 0.05) is 20.5 Å². The van der Waals surface area contributed by atoms with E-state index >= 15 is 0 Å². The lowest BCUT2D eigenvalue weighted by Crippen LogP contribution is -1.87. The van der Waals surface area contributed by atoms with Gasteiger partial charge in [0.15, 0.2) is 5.75 Å². The molecule has 0 amide bonds. The molecular formula is C17H16O2S2. The van der Waals surface area contributed by atoms with Crippen LogP contribution in [0.15, 0.2) is 31.0 Å². The van der Waals surface area contributed by atoms with Crippen molar-refractivity contribution in [2.75, 3.05) is 7.11 Å². The van der Waals surface area contributed by atoms with E-state index in [1.807, 2.05) is 13.0 Å². The number of fused-ring (bicyclic) bond motifs is 2. The highest BCUT2D eigenvalue weighted by atomic mass is 32.1. The molecule has 1 aromatic carbocycles. The van der Waals surface area contributed by atoms with Crippen molar-refractivity contribution in [1.29, 1.82) is 0 Å². The average molecular weight is 316 g/mol. The maximum atomic E-state index is 5.74. The first-order valence-corrected chi connectivity index (χ1v) is 8.26. The molecule has 3 rings (SSSR count). The van der Waals surface area contributed by atoms with Gasteiger partial charge in [-0.15, -0.1) is 22.7 Å². The van der Waals surface area contributed by atoms with Crippen LogP contribution in [-0.4, -0.2) is 7.11 Å². The third-order valence-electron chi connectivity index (χ3n) is 3.24. The summed E-state index contributed by atoms with van der Waals surface area (Å²) >= 11 is 3.44. The van der Waals surface area contributed by atoms with Crippen molar-refractivity contribution in [1.82, 2.24) is 0 Å². The van der Waals surface area contributed by atoms with E-state index in [9.17, 15) is 0 Å². The topological polar surface area (TPSA) is 18.5 Å². The minimum atomic E-state index is 0.876. The zero-order valence-corrected chi connectivity index (χ0v) is 13.9. The summed E-state index contributed by atoms with van der Waals surface area (Å²) in [6.45, 7) is 7.82. The van der Waals surface area contributed by atoms with E-state index in [1.165, 1.54) is 16.0 Å². The maximum Gasteiger partial charge on any atom is 0.153 e. The lowest BCUT2D eigenvalue weighted by Gasteiger charge is -2.08. The zero-order valence-electron chi connectivity index (χ0n) is 12.2. The van der Waals surface area contributed by atoms with E-state index < -0.39 is 0 Å². The van der Waals surface area contributed by atoms with Crippen molar-refractivity contribution < 1.29 is 9.47 Å². The van der Waals surface area contributed by atoms with E-state index in [1.54, 1.807) is 29.8 Å². The Hall–Kier alpha value is -1.78. The molecule has 0 saturated heterocycles. The van der Waals surface area contributed by atoms with Gasteiger partial charge in [-0.2, -0.15) is 0 Å². The molecular weight excluding hydrogens is 300 g/mol. The van der Waals surface area contributed by atoms with Crippen molar-refractivity contribution in [2.24, 2.45) is 0 Å². The molecule has 3 aromatic rings. The Labute approximate surface area is 131 Å². The summed E-state index contributed by atoms with van der Waals surface area (Å²) in [5, 5.41) is 2.19. The van der Waals surface area contributed by atoms with E-state index in [0.717, 1.165) is 31.7 Å². The first kappa shape index (κ1) is 14.2. The van der Waals surface area contributed by atoms with Gasteiger partial charge < -0.3 is 9.47 Å². The van der Waals surface area contributed by atoms with Crippen LogP contribution in [-0.2, 0) is 0 Å². The molecule has 0 spiro atoms. The molecule has 21 heavy (non-hydrogen) atoms. The van der Waals surface area contributed by atoms with Crippen LogP contribution < -0.4 is 9.47 Å². The van der Waals surface area contributed by atoms with Gasteiger partial charge in [-0.1, -0.05) is 12.7 Å². The molecule has 108 valence electrons. The second kappa shape index (κ2) is 5.54. The molecule has 4 heteroatoms. The van der Waals surface area contributed by atoms with E-state index in [0.29, 0.717) is 0 Å². The Kier molecular flexibility index (Phi) is 3.74. The van der Waals surface area contributed by atoms with Gasteiger partial charge in [-0.05, 0) is 32.1 Å². The molecule has 2 nitrogen and oxygen atoms in total. The van der Waals surface area contributed by atoms with Crippen molar-refractivity contribution in [3.8, 4) is 11.5 Å². The highest BCUT2D eigenvalue weighted by Crippen LogP contribution is 2.49. The number of hydrogen-bond acceptors (Lipinski definition) is 4. The normalized spacial score (nSPS) is 11.6. The van der Waals surface area contributed by atoms with Gasteiger partial charge in [0.2, 0.25) is 0 Å².